The molecule has 0 saturated carbocycles. The number of piperidine rings is 1. The van der Waals surface area contributed by atoms with Crippen LogP contribution in [0.1, 0.15) is 57.4 Å². The number of methoxy groups -OCH3 is 1. The van der Waals surface area contributed by atoms with E-state index >= 15 is 0 Å². The van der Waals surface area contributed by atoms with E-state index in [1.165, 1.54) is 7.11 Å². The maximum atomic E-state index is 13.0. The van der Waals surface area contributed by atoms with E-state index in [1.807, 2.05) is 12.1 Å². The van der Waals surface area contributed by atoms with Crippen LogP contribution >= 0.6 is 11.6 Å². The summed E-state index contributed by atoms with van der Waals surface area (Å²) in [6.07, 6.45) is 0.132. The van der Waals surface area contributed by atoms with Crippen LogP contribution in [0.25, 0.3) is 10.8 Å². The fourth-order valence-electron chi connectivity index (χ4n) is 5.73. The molecule has 2 bridgehead atoms. The van der Waals surface area contributed by atoms with Crippen molar-refractivity contribution < 1.29 is 27.4 Å². The van der Waals surface area contributed by atoms with Crippen LogP contribution in [0, 0.1) is 11.8 Å². The number of alkyl halides is 3. The Kier molecular flexibility index (Phi) is 8.16. The predicted molar refractivity (Wildman–Crippen MR) is 131 cm³/mol. The number of fused-ring (bicyclic) bond motifs is 3. The summed E-state index contributed by atoms with van der Waals surface area (Å²) >= 11 is 6.67. The highest BCUT2D eigenvalue weighted by molar-refractivity contribution is 6.37. The summed E-state index contributed by atoms with van der Waals surface area (Å²) in [7, 11) is 1.46. The van der Waals surface area contributed by atoms with Crippen molar-refractivity contribution in [1.29, 1.82) is 0 Å². The molecular weight excluding hydrogens is 479 g/mol. The van der Waals surface area contributed by atoms with Crippen molar-refractivity contribution in [2.24, 2.45) is 11.8 Å². The van der Waals surface area contributed by atoms with Gasteiger partial charge in [0.05, 0.1) is 30.6 Å². The van der Waals surface area contributed by atoms with Crippen LogP contribution in [-0.2, 0) is 16.1 Å². The van der Waals surface area contributed by atoms with Gasteiger partial charge in [-0.3, -0.25) is 9.69 Å². The zero-order valence-corrected chi connectivity index (χ0v) is 21.0. The fourth-order valence-corrected chi connectivity index (χ4v) is 6.01. The first kappa shape index (κ1) is 26.1. The first-order valence-electron chi connectivity index (χ1n) is 12.5. The molecular formula is C27H33ClF3NO3. The molecule has 2 aromatic carbocycles. The lowest BCUT2D eigenvalue weighted by Gasteiger charge is -2.38. The molecule has 2 saturated heterocycles. The molecule has 0 aromatic heterocycles. The molecule has 4 nitrogen and oxygen atoms in total. The number of rotatable bonds is 9. The van der Waals surface area contributed by atoms with Crippen LogP contribution in [0.5, 0.6) is 5.75 Å². The average molecular weight is 512 g/mol. The van der Waals surface area contributed by atoms with E-state index in [9.17, 15) is 18.0 Å². The second-order valence-corrected chi connectivity index (χ2v) is 10.2. The van der Waals surface area contributed by atoms with E-state index in [0.717, 1.165) is 48.6 Å². The largest absolute Gasteiger partial charge is 0.492 e. The number of benzene rings is 2. The minimum absolute atomic E-state index is 0.0109. The first-order valence-corrected chi connectivity index (χ1v) is 12.8. The Hall–Kier alpha value is -1.99. The third-order valence-electron chi connectivity index (χ3n) is 7.68. The SMILES string of the molecule is CC[C@@H](CCCOc1ccc2ccc(CN3C4CCC3CC(C(=O)OC)C4)cc2c1Cl)C(F)(F)F. The summed E-state index contributed by atoms with van der Waals surface area (Å²) < 4.78 is 49.6. The molecule has 8 heteroatoms. The van der Waals surface area contributed by atoms with Gasteiger partial charge in [-0.25, -0.2) is 0 Å². The molecule has 35 heavy (non-hydrogen) atoms. The summed E-state index contributed by atoms with van der Waals surface area (Å²) in [5.74, 6) is -0.914. The van der Waals surface area contributed by atoms with Crippen LogP contribution in [0.2, 0.25) is 5.02 Å². The van der Waals surface area contributed by atoms with Crippen LogP contribution in [0.4, 0.5) is 13.2 Å². The Morgan fingerprint density at radius 1 is 1.17 bits per heavy atom. The van der Waals surface area contributed by atoms with Crippen molar-refractivity contribution in [1.82, 2.24) is 4.90 Å². The van der Waals surface area contributed by atoms with Crippen LogP contribution in [-0.4, -0.2) is 42.8 Å². The average Bonchev–Trinajstić information content (AvgIpc) is 3.05. The predicted octanol–water partition coefficient (Wildman–Crippen LogP) is 7.16. The number of carbonyl (C=O) groups excluding carboxylic acids is 1. The van der Waals surface area contributed by atoms with Crippen molar-refractivity contribution in [2.75, 3.05) is 13.7 Å². The summed E-state index contributed by atoms with van der Waals surface area (Å²) in [5, 5.41) is 2.35. The lowest BCUT2D eigenvalue weighted by atomic mass is 9.90. The van der Waals surface area contributed by atoms with Gasteiger partial charge in [-0.05, 0) is 68.0 Å². The molecule has 2 fully saturated rings. The maximum absolute atomic E-state index is 13.0. The number of nitrogens with zero attached hydrogens (tertiary/aromatic N) is 1. The molecule has 192 valence electrons. The summed E-state index contributed by atoms with van der Waals surface area (Å²) in [5.41, 5.74) is 1.14. The van der Waals surface area contributed by atoms with E-state index in [-0.39, 0.29) is 31.3 Å². The molecule has 0 N–H and O–H groups in total. The Morgan fingerprint density at radius 2 is 1.86 bits per heavy atom. The highest BCUT2D eigenvalue weighted by atomic mass is 35.5. The normalized spacial score (nSPS) is 23.4. The number of hydrogen-bond donors (Lipinski definition) is 0. The minimum Gasteiger partial charge on any atom is -0.492 e. The van der Waals surface area contributed by atoms with Gasteiger partial charge in [0.15, 0.2) is 0 Å². The lowest BCUT2D eigenvalue weighted by Crippen LogP contribution is -2.44. The van der Waals surface area contributed by atoms with Crippen LogP contribution < -0.4 is 4.74 Å². The number of halogens is 4. The quantitative estimate of drug-likeness (QED) is 0.264. The molecule has 2 aliphatic rings. The van der Waals surface area contributed by atoms with Gasteiger partial charge >= 0.3 is 12.1 Å². The van der Waals surface area contributed by atoms with Gasteiger partial charge in [0.25, 0.3) is 0 Å². The molecule has 0 spiro atoms. The van der Waals surface area contributed by atoms with Gasteiger partial charge in [0.1, 0.15) is 5.75 Å². The van der Waals surface area contributed by atoms with Crippen molar-refractivity contribution in [3.8, 4) is 5.75 Å². The monoisotopic (exact) mass is 511 g/mol. The van der Waals surface area contributed by atoms with Gasteiger partial charge in [-0.15, -0.1) is 0 Å². The van der Waals surface area contributed by atoms with Crippen molar-refractivity contribution in [2.45, 2.75) is 76.7 Å². The van der Waals surface area contributed by atoms with E-state index in [2.05, 4.69) is 17.0 Å². The fraction of sp³-hybridized carbons (Fsp3) is 0.593. The van der Waals surface area contributed by atoms with Gasteiger partial charge in [-0.1, -0.05) is 36.7 Å². The standard InChI is InChI=1S/C27H33ClF3NO3/c1-3-20(27(29,30)31)5-4-12-35-24-11-8-18-7-6-17(13-23(18)25(24)28)16-32-21-9-10-22(32)15-19(14-21)26(33)34-2/h6-8,11,13,19-22H,3-5,9-10,12,14-16H2,1-2H3/t19?,20-,21?,22?/m0/s1. The molecule has 2 heterocycles. The molecule has 0 aliphatic carbocycles. The smallest absolute Gasteiger partial charge is 0.391 e. The van der Waals surface area contributed by atoms with E-state index in [0.29, 0.717) is 29.3 Å². The number of ether oxygens (including phenoxy) is 2. The lowest BCUT2D eigenvalue weighted by molar-refractivity contribution is -0.177. The van der Waals surface area contributed by atoms with Crippen LogP contribution in [0.15, 0.2) is 30.3 Å². The minimum atomic E-state index is -4.17. The second kappa shape index (κ2) is 11.0. The second-order valence-electron chi connectivity index (χ2n) is 9.82. The first-order chi connectivity index (χ1) is 16.7. The number of esters is 1. The Balaban J connectivity index is 1.41. The van der Waals surface area contributed by atoms with Gasteiger partial charge in [0.2, 0.25) is 0 Å². The van der Waals surface area contributed by atoms with Crippen molar-refractivity contribution >= 4 is 28.3 Å². The third-order valence-corrected chi connectivity index (χ3v) is 8.07. The topological polar surface area (TPSA) is 38.8 Å². The Bertz CT molecular complexity index is 1030. The molecule has 4 rings (SSSR count). The summed E-state index contributed by atoms with van der Waals surface area (Å²) in [4.78, 5) is 14.5. The highest BCUT2D eigenvalue weighted by Crippen LogP contribution is 2.41. The van der Waals surface area contributed by atoms with Gasteiger partial charge in [-0.2, -0.15) is 13.2 Å². The van der Waals surface area contributed by atoms with Gasteiger partial charge in [0, 0.05) is 24.0 Å². The summed E-state index contributed by atoms with van der Waals surface area (Å²) in [6.45, 7) is 2.54. The number of carbonyl (C=O) groups is 1. The molecule has 2 aliphatic heterocycles. The van der Waals surface area contributed by atoms with E-state index < -0.39 is 12.1 Å². The molecule has 0 radical (unpaired) electrons. The molecule has 3 atom stereocenters. The maximum Gasteiger partial charge on any atom is 0.391 e. The van der Waals surface area contributed by atoms with E-state index in [1.54, 1.807) is 13.0 Å². The molecule has 2 aromatic rings. The Morgan fingerprint density at radius 3 is 2.49 bits per heavy atom. The zero-order chi connectivity index (χ0) is 25.2. The van der Waals surface area contributed by atoms with Crippen LogP contribution in [0.3, 0.4) is 0 Å². The third kappa shape index (κ3) is 5.88. The molecule has 2 unspecified atom stereocenters. The number of hydrogen-bond acceptors (Lipinski definition) is 4. The summed E-state index contributed by atoms with van der Waals surface area (Å²) in [6, 6.07) is 10.7. The van der Waals surface area contributed by atoms with Gasteiger partial charge < -0.3 is 9.47 Å². The van der Waals surface area contributed by atoms with Crippen molar-refractivity contribution in [3.63, 3.8) is 0 Å². The Labute approximate surface area is 209 Å². The molecule has 0 amide bonds. The van der Waals surface area contributed by atoms with E-state index in [4.69, 9.17) is 21.1 Å². The zero-order valence-electron chi connectivity index (χ0n) is 20.2. The van der Waals surface area contributed by atoms with Crippen molar-refractivity contribution in [3.05, 3.63) is 40.9 Å². The highest BCUT2D eigenvalue weighted by Gasteiger charge is 2.43.